The van der Waals surface area contributed by atoms with Crippen LogP contribution in [0, 0.1) is 11.3 Å². The second kappa shape index (κ2) is 9.63. The van der Waals surface area contributed by atoms with Crippen molar-refractivity contribution in [2.45, 2.75) is 42.7 Å². The molecular formula is C22H26N4OS. The fourth-order valence-electron chi connectivity index (χ4n) is 3.44. The Balaban J connectivity index is 1.64. The van der Waals surface area contributed by atoms with Crippen molar-refractivity contribution in [1.82, 2.24) is 10.6 Å². The summed E-state index contributed by atoms with van der Waals surface area (Å²) in [5.74, 6) is -0.0747. The highest BCUT2D eigenvalue weighted by Crippen LogP contribution is 2.29. The number of nitrogens with one attached hydrogen (secondary N) is 2. The minimum absolute atomic E-state index is 0.0747. The number of hydrogen-bond donors (Lipinski definition) is 3. The van der Waals surface area contributed by atoms with Crippen LogP contribution in [0.2, 0.25) is 0 Å². The predicted octanol–water partition coefficient (Wildman–Crippen LogP) is 3.35. The minimum atomic E-state index is -0.526. The van der Waals surface area contributed by atoms with Crippen LogP contribution in [0.5, 0.6) is 0 Å². The first kappa shape index (κ1) is 20.2. The van der Waals surface area contributed by atoms with Crippen molar-refractivity contribution in [2.75, 3.05) is 18.5 Å². The summed E-state index contributed by atoms with van der Waals surface area (Å²) in [6.45, 7) is 0.861. The molecule has 3 rings (SSSR count). The maximum Gasteiger partial charge on any atom is 0.238 e. The summed E-state index contributed by atoms with van der Waals surface area (Å²) in [6.07, 6.45) is 5.49. The standard InChI is InChI=1S/C22H26N4OS/c1-28-21-13-17(9-10-19(21)24)16-7-5-15(6-8-16)12-18(14-23)26-22(27)20-4-2-3-11-25-20/h5-10,13,18,20,25H,2-4,11-12,24H2,1H3,(H,26,27)/t18-,20-/m0/s1. The molecule has 4 N–H and O–H groups in total. The summed E-state index contributed by atoms with van der Waals surface area (Å²) in [6, 6.07) is 15.7. The Hall–Kier alpha value is -2.49. The van der Waals surface area contributed by atoms with Crippen molar-refractivity contribution >= 4 is 23.4 Å². The molecule has 1 saturated heterocycles. The van der Waals surface area contributed by atoms with Crippen LogP contribution in [0.3, 0.4) is 0 Å². The molecule has 0 saturated carbocycles. The van der Waals surface area contributed by atoms with Crippen molar-refractivity contribution in [2.24, 2.45) is 0 Å². The number of nitrogen functional groups attached to an aromatic ring is 1. The van der Waals surface area contributed by atoms with Gasteiger partial charge in [-0.2, -0.15) is 5.26 Å². The number of nitrogens with zero attached hydrogens (tertiary/aromatic N) is 1. The molecule has 2 atom stereocenters. The van der Waals surface area contributed by atoms with E-state index in [4.69, 9.17) is 5.73 Å². The van der Waals surface area contributed by atoms with Gasteiger partial charge in [-0.1, -0.05) is 36.8 Å². The lowest BCUT2D eigenvalue weighted by atomic mass is 10.00. The van der Waals surface area contributed by atoms with E-state index in [9.17, 15) is 10.1 Å². The van der Waals surface area contributed by atoms with Gasteiger partial charge in [0.25, 0.3) is 0 Å². The second-order valence-electron chi connectivity index (χ2n) is 7.05. The highest BCUT2D eigenvalue weighted by Gasteiger charge is 2.23. The smallest absolute Gasteiger partial charge is 0.238 e. The van der Waals surface area contributed by atoms with Gasteiger partial charge < -0.3 is 16.4 Å². The molecule has 6 heteroatoms. The molecule has 5 nitrogen and oxygen atoms in total. The first-order valence-electron chi connectivity index (χ1n) is 9.57. The average molecular weight is 395 g/mol. The van der Waals surface area contributed by atoms with Crippen LogP contribution in [0.25, 0.3) is 11.1 Å². The summed E-state index contributed by atoms with van der Waals surface area (Å²) in [4.78, 5) is 13.4. The number of piperidine rings is 1. The summed E-state index contributed by atoms with van der Waals surface area (Å²) in [5, 5.41) is 15.5. The van der Waals surface area contributed by atoms with Gasteiger partial charge in [0.2, 0.25) is 5.91 Å². The molecule has 0 bridgehead atoms. The van der Waals surface area contributed by atoms with Gasteiger partial charge in [0, 0.05) is 17.0 Å². The Morgan fingerprint density at radius 1 is 1.29 bits per heavy atom. The van der Waals surface area contributed by atoms with Gasteiger partial charge >= 0.3 is 0 Å². The van der Waals surface area contributed by atoms with Gasteiger partial charge in [-0.3, -0.25) is 4.79 Å². The lowest BCUT2D eigenvalue weighted by molar-refractivity contribution is -0.124. The molecular weight excluding hydrogens is 368 g/mol. The lowest BCUT2D eigenvalue weighted by Gasteiger charge is -2.23. The number of hydrogen-bond acceptors (Lipinski definition) is 5. The largest absolute Gasteiger partial charge is 0.398 e. The van der Waals surface area contributed by atoms with Crippen LogP contribution in [-0.2, 0) is 11.2 Å². The van der Waals surface area contributed by atoms with E-state index < -0.39 is 6.04 Å². The molecule has 1 aliphatic rings. The quantitative estimate of drug-likeness (QED) is 0.516. The second-order valence-corrected chi connectivity index (χ2v) is 7.90. The van der Waals surface area contributed by atoms with Crippen molar-refractivity contribution < 1.29 is 4.79 Å². The molecule has 0 spiro atoms. The third-order valence-corrected chi connectivity index (χ3v) is 5.85. The van der Waals surface area contributed by atoms with Crippen molar-refractivity contribution in [3.63, 3.8) is 0 Å². The van der Waals surface area contributed by atoms with Crippen molar-refractivity contribution in [3.8, 4) is 17.2 Å². The van der Waals surface area contributed by atoms with Gasteiger partial charge in [-0.15, -0.1) is 11.8 Å². The van der Waals surface area contributed by atoms with E-state index in [0.717, 1.165) is 53.1 Å². The lowest BCUT2D eigenvalue weighted by Crippen LogP contribution is -2.49. The van der Waals surface area contributed by atoms with E-state index in [1.54, 1.807) is 11.8 Å². The minimum Gasteiger partial charge on any atom is -0.398 e. The number of thioether (sulfide) groups is 1. The Morgan fingerprint density at radius 3 is 2.68 bits per heavy atom. The molecule has 2 aromatic carbocycles. The van der Waals surface area contributed by atoms with Crippen LogP contribution in [0.4, 0.5) is 5.69 Å². The number of anilines is 1. The van der Waals surface area contributed by atoms with Crippen LogP contribution in [-0.4, -0.2) is 30.8 Å². The number of nitriles is 1. The van der Waals surface area contributed by atoms with Crippen molar-refractivity contribution in [3.05, 3.63) is 48.0 Å². The van der Waals surface area contributed by atoms with Crippen LogP contribution >= 0.6 is 11.8 Å². The average Bonchev–Trinajstić information content (AvgIpc) is 2.74. The molecule has 0 radical (unpaired) electrons. The summed E-state index contributed by atoms with van der Waals surface area (Å²) >= 11 is 1.63. The van der Waals surface area contributed by atoms with E-state index in [1.165, 1.54) is 0 Å². The molecule has 1 aliphatic heterocycles. The molecule has 2 aromatic rings. The van der Waals surface area contributed by atoms with E-state index in [2.05, 4.69) is 22.8 Å². The summed E-state index contributed by atoms with van der Waals surface area (Å²) < 4.78 is 0. The van der Waals surface area contributed by atoms with Gasteiger partial charge in [-0.25, -0.2) is 0 Å². The zero-order valence-electron chi connectivity index (χ0n) is 16.1. The van der Waals surface area contributed by atoms with E-state index >= 15 is 0 Å². The number of amides is 1. The fraction of sp³-hybridized carbons (Fsp3) is 0.364. The Bertz CT molecular complexity index is 854. The van der Waals surface area contributed by atoms with Crippen LogP contribution < -0.4 is 16.4 Å². The Labute approximate surface area is 170 Å². The SMILES string of the molecule is CSc1cc(-c2ccc(C[C@@H](C#N)NC(=O)[C@@H]3CCCCN3)cc2)ccc1N. The highest BCUT2D eigenvalue weighted by atomic mass is 32.2. The molecule has 1 amide bonds. The molecule has 146 valence electrons. The maximum absolute atomic E-state index is 12.3. The van der Waals surface area contributed by atoms with E-state index in [-0.39, 0.29) is 11.9 Å². The Kier molecular flexibility index (Phi) is 6.96. The number of carbonyl (C=O) groups is 1. The number of benzene rings is 2. The number of nitrogens with two attached hydrogens (primary N) is 1. The molecule has 1 heterocycles. The highest BCUT2D eigenvalue weighted by molar-refractivity contribution is 7.98. The van der Waals surface area contributed by atoms with Crippen LogP contribution in [0.15, 0.2) is 47.4 Å². The molecule has 1 fully saturated rings. The fourth-order valence-corrected chi connectivity index (χ4v) is 3.99. The van der Waals surface area contributed by atoms with Gasteiger partial charge in [-0.05, 0) is 54.5 Å². The van der Waals surface area contributed by atoms with E-state index in [0.29, 0.717) is 6.42 Å². The van der Waals surface area contributed by atoms with Gasteiger partial charge in [0.1, 0.15) is 6.04 Å². The molecule has 28 heavy (non-hydrogen) atoms. The topological polar surface area (TPSA) is 90.9 Å². The monoisotopic (exact) mass is 394 g/mol. The number of carbonyl (C=O) groups excluding carboxylic acids is 1. The van der Waals surface area contributed by atoms with Crippen molar-refractivity contribution in [1.29, 1.82) is 5.26 Å². The van der Waals surface area contributed by atoms with Crippen LogP contribution in [0.1, 0.15) is 24.8 Å². The summed E-state index contributed by atoms with van der Waals surface area (Å²) in [5.41, 5.74) is 9.99. The first-order chi connectivity index (χ1) is 13.6. The Morgan fingerprint density at radius 2 is 2.04 bits per heavy atom. The van der Waals surface area contributed by atoms with E-state index in [1.807, 2.05) is 42.7 Å². The molecule has 0 aliphatic carbocycles. The third-order valence-electron chi connectivity index (χ3n) is 5.06. The van der Waals surface area contributed by atoms with Gasteiger partial charge in [0.15, 0.2) is 0 Å². The molecule has 0 aromatic heterocycles. The molecule has 0 unspecified atom stereocenters. The summed E-state index contributed by atoms with van der Waals surface area (Å²) in [7, 11) is 0. The zero-order chi connectivity index (χ0) is 19.9. The maximum atomic E-state index is 12.3. The zero-order valence-corrected chi connectivity index (χ0v) is 16.9. The third kappa shape index (κ3) is 5.06. The van der Waals surface area contributed by atoms with Gasteiger partial charge in [0.05, 0.1) is 12.1 Å². The first-order valence-corrected chi connectivity index (χ1v) is 10.8. The normalized spacial score (nSPS) is 17.5. The number of rotatable bonds is 6. The predicted molar refractivity (Wildman–Crippen MR) is 115 cm³/mol.